The highest BCUT2D eigenvalue weighted by molar-refractivity contribution is 6.13. The lowest BCUT2D eigenvalue weighted by molar-refractivity contribution is 1.17. The van der Waals surface area contributed by atoms with Gasteiger partial charge in [-0.3, -0.25) is 0 Å². The lowest BCUT2D eigenvalue weighted by Crippen LogP contribution is -1.97. The molecule has 0 bridgehead atoms. The molecule has 39 heavy (non-hydrogen) atoms. The predicted molar refractivity (Wildman–Crippen MR) is 162 cm³/mol. The maximum absolute atomic E-state index is 8.58. The molecule has 0 N–H and O–H groups in total. The third-order valence-electron chi connectivity index (χ3n) is 7.26. The standard InChI is InChI=1S/C36H23N3/c1-2-10-24(11-3-1)35-30-15-6-8-16-32(30)37-36(38-35)25-18-20-28(21-19-25)39-33-17-9-7-14-29(33)31-22-26-12-4-5-13-27(26)23-34(31)39/h1-23H/i1D,2D,3D,10D,11D. The second-order valence-electron chi connectivity index (χ2n) is 9.53. The normalized spacial score (nSPS) is 13.4. The Labute approximate surface area is 232 Å². The third kappa shape index (κ3) is 3.52. The molecule has 0 spiro atoms. The fourth-order valence-electron chi connectivity index (χ4n) is 5.46. The summed E-state index contributed by atoms with van der Waals surface area (Å²) >= 11 is 0. The molecule has 0 aliphatic heterocycles. The van der Waals surface area contributed by atoms with Crippen LogP contribution in [-0.2, 0) is 0 Å². The van der Waals surface area contributed by atoms with E-state index in [1.807, 2.05) is 48.5 Å². The van der Waals surface area contributed by atoms with Gasteiger partial charge in [0.25, 0.3) is 0 Å². The molecule has 3 nitrogen and oxygen atoms in total. The van der Waals surface area contributed by atoms with E-state index in [1.165, 1.54) is 21.5 Å². The van der Waals surface area contributed by atoms with Gasteiger partial charge in [-0.1, -0.05) is 90.9 Å². The van der Waals surface area contributed by atoms with Crippen LogP contribution < -0.4 is 0 Å². The van der Waals surface area contributed by atoms with Crippen molar-refractivity contribution in [3.05, 3.63) is 139 Å². The summed E-state index contributed by atoms with van der Waals surface area (Å²) in [5, 5.41) is 5.35. The lowest BCUT2D eigenvalue weighted by Gasteiger charge is -2.11. The number of fused-ring (bicyclic) bond motifs is 5. The summed E-state index contributed by atoms with van der Waals surface area (Å²) in [5.41, 5.74) is 4.95. The fourth-order valence-corrected chi connectivity index (χ4v) is 5.46. The van der Waals surface area contributed by atoms with E-state index in [0.717, 1.165) is 22.3 Å². The quantitative estimate of drug-likeness (QED) is 0.241. The van der Waals surface area contributed by atoms with Crippen LogP contribution in [0.5, 0.6) is 0 Å². The number of benzene rings is 6. The highest BCUT2D eigenvalue weighted by atomic mass is 15.0. The summed E-state index contributed by atoms with van der Waals surface area (Å²) in [6.07, 6.45) is 0. The first-order valence-corrected chi connectivity index (χ1v) is 12.8. The fraction of sp³-hybridized carbons (Fsp3) is 0. The molecule has 2 heterocycles. The zero-order valence-corrected chi connectivity index (χ0v) is 20.7. The van der Waals surface area contributed by atoms with Crippen molar-refractivity contribution < 1.29 is 6.85 Å². The van der Waals surface area contributed by atoms with Crippen molar-refractivity contribution in [2.45, 2.75) is 0 Å². The van der Waals surface area contributed by atoms with Crippen molar-refractivity contribution in [1.29, 1.82) is 0 Å². The van der Waals surface area contributed by atoms with Crippen LogP contribution >= 0.6 is 0 Å². The average molecular weight is 503 g/mol. The molecular weight excluding hydrogens is 474 g/mol. The first kappa shape index (κ1) is 17.3. The third-order valence-corrected chi connectivity index (χ3v) is 7.26. The Morgan fingerprint density at radius 1 is 0.538 bits per heavy atom. The molecule has 3 heteroatoms. The van der Waals surface area contributed by atoms with Gasteiger partial charge in [0.2, 0.25) is 0 Å². The van der Waals surface area contributed by atoms with E-state index in [4.69, 9.17) is 16.8 Å². The van der Waals surface area contributed by atoms with Crippen LogP contribution in [0.1, 0.15) is 6.85 Å². The molecule has 8 aromatic rings. The molecule has 0 atom stereocenters. The van der Waals surface area contributed by atoms with Crippen molar-refractivity contribution in [2.24, 2.45) is 0 Å². The molecule has 6 aromatic carbocycles. The van der Waals surface area contributed by atoms with Crippen molar-refractivity contribution in [3.63, 3.8) is 0 Å². The Bertz CT molecular complexity index is 2420. The molecule has 0 fully saturated rings. The molecule has 0 amide bonds. The summed E-state index contributed by atoms with van der Waals surface area (Å²) in [6, 6.07) is 34.8. The minimum atomic E-state index is -0.434. The molecule has 182 valence electrons. The lowest BCUT2D eigenvalue weighted by atomic mass is 10.1. The van der Waals surface area contributed by atoms with Crippen LogP contribution in [0.2, 0.25) is 0 Å². The number of hydrogen-bond donors (Lipinski definition) is 0. The van der Waals surface area contributed by atoms with Gasteiger partial charge in [-0.2, -0.15) is 0 Å². The van der Waals surface area contributed by atoms with Gasteiger partial charge >= 0.3 is 0 Å². The van der Waals surface area contributed by atoms with Crippen LogP contribution in [-0.4, -0.2) is 14.5 Å². The SMILES string of the molecule is [2H]c1c([2H])c([2H])c(-c2nc(-c3ccc(-n4c5ccccc5c5cc6ccccc6cc54)cc3)nc3ccccc23)c([2H])c1[2H]. The van der Waals surface area contributed by atoms with Crippen LogP contribution in [0.25, 0.3) is 71.8 Å². The second-order valence-corrected chi connectivity index (χ2v) is 9.53. The summed E-state index contributed by atoms with van der Waals surface area (Å²) in [6.45, 7) is 0. The molecule has 0 saturated carbocycles. The summed E-state index contributed by atoms with van der Waals surface area (Å²) in [5.74, 6) is 0.408. The number of hydrogen-bond acceptors (Lipinski definition) is 2. The number of aromatic nitrogens is 3. The first-order chi connectivity index (χ1) is 21.4. The van der Waals surface area contributed by atoms with E-state index in [1.54, 1.807) is 0 Å². The van der Waals surface area contributed by atoms with Crippen molar-refractivity contribution >= 4 is 43.5 Å². The summed E-state index contributed by atoms with van der Waals surface area (Å²) < 4.78 is 43.9. The van der Waals surface area contributed by atoms with Gasteiger partial charge in [-0.25, -0.2) is 9.97 Å². The molecule has 0 aliphatic rings. The molecule has 0 radical (unpaired) electrons. The Morgan fingerprint density at radius 3 is 2.05 bits per heavy atom. The minimum absolute atomic E-state index is 0.0602. The van der Waals surface area contributed by atoms with Crippen molar-refractivity contribution in [2.75, 3.05) is 0 Å². The average Bonchev–Trinajstić information content (AvgIpc) is 3.38. The number of nitrogens with zero attached hydrogens (tertiary/aromatic N) is 3. The van der Waals surface area contributed by atoms with E-state index in [0.29, 0.717) is 22.4 Å². The highest BCUT2D eigenvalue weighted by Gasteiger charge is 2.15. The Hall–Kier alpha value is -5.28. The smallest absolute Gasteiger partial charge is 0.160 e. The summed E-state index contributed by atoms with van der Waals surface area (Å²) in [7, 11) is 0. The zero-order valence-electron chi connectivity index (χ0n) is 25.7. The Morgan fingerprint density at radius 2 is 1.23 bits per heavy atom. The van der Waals surface area contributed by atoms with Crippen molar-refractivity contribution in [1.82, 2.24) is 14.5 Å². The number of rotatable bonds is 3. The Balaban J connectivity index is 1.31. The maximum Gasteiger partial charge on any atom is 0.160 e. The largest absolute Gasteiger partial charge is 0.309 e. The van der Waals surface area contributed by atoms with Gasteiger partial charge in [0.1, 0.15) is 0 Å². The van der Waals surface area contributed by atoms with Crippen molar-refractivity contribution in [3.8, 4) is 28.3 Å². The zero-order chi connectivity index (χ0) is 30.1. The van der Waals surface area contributed by atoms with Gasteiger partial charge in [0.05, 0.1) is 29.1 Å². The van der Waals surface area contributed by atoms with E-state index >= 15 is 0 Å². The maximum atomic E-state index is 8.58. The minimum Gasteiger partial charge on any atom is -0.309 e. The summed E-state index contributed by atoms with van der Waals surface area (Å²) in [4.78, 5) is 9.62. The van der Waals surface area contributed by atoms with Gasteiger partial charge in [-0.15, -0.1) is 0 Å². The number of para-hydroxylation sites is 2. The molecule has 0 aliphatic carbocycles. The van der Waals surface area contributed by atoms with E-state index in [9.17, 15) is 0 Å². The van der Waals surface area contributed by atoms with E-state index in [2.05, 4.69) is 65.2 Å². The van der Waals surface area contributed by atoms with Gasteiger partial charge in [0.15, 0.2) is 5.82 Å². The molecule has 2 aromatic heterocycles. The van der Waals surface area contributed by atoms with Gasteiger partial charge < -0.3 is 4.57 Å². The van der Waals surface area contributed by atoms with Gasteiger partial charge in [-0.05, 0) is 59.3 Å². The molecular formula is C36H23N3. The van der Waals surface area contributed by atoms with E-state index in [-0.39, 0.29) is 17.6 Å². The van der Waals surface area contributed by atoms with Crippen LogP contribution in [0.4, 0.5) is 0 Å². The van der Waals surface area contributed by atoms with Crippen LogP contribution in [0.3, 0.4) is 0 Å². The molecule has 0 unspecified atom stereocenters. The van der Waals surface area contributed by atoms with Crippen LogP contribution in [0.15, 0.2) is 139 Å². The Kier molecular flexibility index (Phi) is 3.83. The molecule has 0 saturated heterocycles. The van der Waals surface area contributed by atoms with Gasteiger partial charge in [0, 0.05) is 33.0 Å². The predicted octanol–water partition coefficient (Wildman–Crippen LogP) is 9.21. The topological polar surface area (TPSA) is 30.7 Å². The monoisotopic (exact) mass is 502 g/mol. The van der Waals surface area contributed by atoms with E-state index < -0.39 is 18.1 Å². The second kappa shape index (κ2) is 8.64. The molecule has 8 rings (SSSR count). The van der Waals surface area contributed by atoms with Crippen LogP contribution in [0, 0.1) is 0 Å². The first-order valence-electron chi connectivity index (χ1n) is 15.3. The highest BCUT2D eigenvalue weighted by Crippen LogP contribution is 2.35.